The van der Waals surface area contributed by atoms with Crippen LogP contribution in [0.15, 0.2) is 41.0 Å². The fourth-order valence-electron chi connectivity index (χ4n) is 2.06. The van der Waals surface area contributed by atoms with E-state index in [4.69, 9.17) is 11.6 Å². The zero-order chi connectivity index (χ0) is 14.5. The third kappa shape index (κ3) is 3.78. The minimum Gasteiger partial charge on any atom is -0.310 e. The highest BCUT2D eigenvalue weighted by molar-refractivity contribution is 9.10. The summed E-state index contributed by atoms with van der Waals surface area (Å²) in [6.45, 7) is 2.73. The molecule has 1 aromatic carbocycles. The number of hydrogen-bond acceptors (Lipinski definition) is 2. The summed E-state index contributed by atoms with van der Waals surface area (Å²) in [5.41, 5.74) is 1.47. The molecule has 1 atom stereocenters. The molecule has 0 saturated carbocycles. The summed E-state index contributed by atoms with van der Waals surface area (Å²) in [5, 5.41) is 3.43. The molecule has 1 unspecified atom stereocenters. The summed E-state index contributed by atoms with van der Waals surface area (Å²) in [6.07, 6.45) is 2.35. The first-order chi connectivity index (χ1) is 9.61. The van der Waals surface area contributed by atoms with Gasteiger partial charge in [-0.3, -0.25) is 4.98 Å². The first kappa shape index (κ1) is 15.4. The number of likely N-dealkylation sites (N-methyl/N-ethyl adjacent to an activating group) is 1. The van der Waals surface area contributed by atoms with E-state index in [1.54, 1.807) is 24.4 Å². The summed E-state index contributed by atoms with van der Waals surface area (Å²) >= 11 is 9.21. The molecule has 106 valence electrons. The fraction of sp³-hybridized carbons (Fsp3) is 0.267. The van der Waals surface area contributed by atoms with Gasteiger partial charge in [0.1, 0.15) is 5.82 Å². The number of halogens is 3. The quantitative estimate of drug-likeness (QED) is 0.850. The fourth-order valence-corrected chi connectivity index (χ4v) is 2.48. The molecule has 1 heterocycles. The van der Waals surface area contributed by atoms with Gasteiger partial charge in [0.25, 0.3) is 0 Å². The summed E-state index contributed by atoms with van der Waals surface area (Å²) in [5.74, 6) is -0.364. The monoisotopic (exact) mass is 356 g/mol. The standard InChI is InChI=1S/C15H15BrClFN2/c1-2-19-14(8-11-7-6-10(16)9-20-11)12-4-3-5-13(17)15(12)18/h3-7,9,14,19H,2,8H2,1H3. The minimum atomic E-state index is -0.364. The summed E-state index contributed by atoms with van der Waals surface area (Å²) in [7, 11) is 0. The van der Waals surface area contributed by atoms with Crippen molar-refractivity contribution in [2.24, 2.45) is 0 Å². The molecule has 5 heteroatoms. The van der Waals surface area contributed by atoms with Gasteiger partial charge in [-0.2, -0.15) is 0 Å². The predicted octanol–water partition coefficient (Wildman–Crippen LogP) is 4.53. The normalized spacial score (nSPS) is 12.4. The van der Waals surface area contributed by atoms with Crippen molar-refractivity contribution in [1.82, 2.24) is 10.3 Å². The van der Waals surface area contributed by atoms with Crippen LogP contribution in [0.1, 0.15) is 24.2 Å². The summed E-state index contributed by atoms with van der Waals surface area (Å²) in [6, 6.07) is 8.79. The maximum atomic E-state index is 14.1. The van der Waals surface area contributed by atoms with Gasteiger partial charge in [0.15, 0.2) is 0 Å². The minimum absolute atomic E-state index is 0.146. The molecule has 2 nitrogen and oxygen atoms in total. The molecule has 0 aliphatic rings. The molecular weight excluding hydrogens is 343 g/mol. The van der Waals surface area contributed by atoms with Gasteiger partial charge < -0.3 is 5.32 Å². The predicted molar refractivity (Wildman–Crippen MR) is 83.5 cm³/mol. The number of nitrogens with one attached hydrogen (secondary N) is 1. The third-order valence-electron chi connectivity index (χ3n) is 3.01. The SMILES string of the molecule is CCNC(Cc1ccc(Br)cn1)c1cccc(Cl)c1F. The molecule has 2 aromatic rings. The van der Waals surface area contributed by atoms with E-state index in [-0.39, 0.29) is 16.9 Å². The van der Waals surface area contributed by atoms with Crippen LogP contribution >= 0.6 is 27.5 Å². The number of rotatable bonds is 5. The lowest BCUT2D eigenvalue weighted by Crippen LogP contribution is -2.24. The van der Waals surface area contributed by atoms with Crippen LogP contribution < -0.4 is 5.32 Å². The second-order valence-electron chi connectivity index (χ2n) is 4.43. The molecular formula is C15H15BrClFN2. The van der Waals surface area contributed by atoms with E-state index in [2.05, 4.69) is 26.2 Å². The first-order valence-corrected chi connectivity index (χ1v) is 7.56. The first-order valence-electron chi connectivity index (χ1n) is 6.39. The van der Waals surface area contributed by atoms with Gasteiger partial charge in [0.2, 0.25) is 0 Å². The van der Waals surface area contributed by atoms with Crippen molar-refractivity contribution in [3.05, 3.63) is 63.1 Å². The van der Waals surface area contributed by atoms with Crippen LogP contribution in [-0.2, 0) is 6.42 Å². The van der Waals surface area contributed by atoms with Gasteiger partial charge in [0, 0.05) is 34.4 Å². The van der Waals surface area contributed by atoms with Gasteiger partial charge in [-0.1, -0.05) is 30.7 Å². The van der Waals surface area contributed by atoms with Crippen LogP contribution in [0.5, 0.6) is 0 Å². The van der Waals surface area contributed by atoms with Crippen LogP contribution in [0.4, 0.5) is 4.39 Å². The Morgan fingerprint density at radius 1 is 1.35 bits per heavy atom. The number of benzene rings is 1. The molecule has 0 bridgehead atoms. The Hall–Kier alpha value is -0.970. The van der Waals surface area contributed by atoms with Gasteiger partial charge in [0.05, 0.1) is 5.02 Å². The molecule has 0 spiro atoms. The molecule has 20 heavy (non-hydrogen) atoms. The van der Waals surface area contributed by atoms with E-state index in [9.17, 15) is 4.39 Å². The Kier molecular flexibility index (Phi) is 5.52. The van der Waals surface area contributed by atoms with Crippen molar-refractivity contribution < 1.29 is 4.39 Å². The lowest BCUT2D eigenvalue weighted by Gasteiger charge is -2.19. The van der Waals surface area contributed by atoms with Crippen molar-refractivity contribution in [1.29, 1.82) is 0 Å². The van der Waals surface area contributed by atoms with E-state index < -0.39 is 0 Å². The Bertz CT molecular complexity index is 575. The van der Waals surface area contributed by atoms with E-state index >= 15 is 0 Å². The summed E-state index contributed by atoms with van der Waals surface area (Å²) in [4.78, 5) is 4.34. The second-order valence-corrected chi connectivity index (χ2v) is 5.75. The average molecular weight is 358 g/mol. The zero-order valence-corrected chi connectivity index (χ0v) is 13.4. The smallest absolute Gasteiger partial charge is 0.146 e. The maximum absolute atomic E-state index is 14.1. The van der Waals surface area contributed by atoms with Crippen molar-refractivity contribution in [2.45, 2.75) is 19.4 Å². The Balaban J connectivity index is 2.26. The second kappa shape index (κ2) is 7.16. The topological polar surface area (TPSA) is 24.9 Å². The van der Waals surface area contributed by atoms with Crippen molar-refractivity contribution in [2.75, 3.05) is 6.54 Å². The van der Waals surface area contributed by atoms with Gasteiger partial charge >= 0.3 is 0 Å². The van der Waals surface area contributed by atoms with Crippen molar-refractivity contribution in [3.63, 3.8) is 0 Å². The largest absolute Gasteiger partial charge is 0.310 e. The molecule has 0 saturated heterocycles. The number of nitrogens with zero attached hydrogens (tertiary/aromatic N) is 1. The zero-order valence-electron chi connectivity index (χ0n) is 11.0. The molecule has 1 aromatic heterocycles. The van der Waals surface area contributed by atoms with Crippen LogP contribution in [0.25, 0.3) is 0 Å². The maximum Gasteiger partial charge on any atom is 0.146 e. The molecule has 0 aliphatic carbocycles. The lowest BCUT2D eigenvalue weighted by molar-refractivity contribution is 0.506. The number of hydrogen-bond donors (Lipinski definition) is 1. The van der Waals surface area contributed by atoms with Crippen molar-refractivity contribution in [3.8, 4) is 0 Å². The van der Waals surface area contributed by atoms with Gasteiger partial charge in [-0.25, -0.2) is 4.39 Å². The Labute approximate surface area is 131 Å². The lowest BCUT2D eigenvalue weighted by atomic mass is 10.0. The van der Waals surface area contributed by atoms with Gasteiger partial charge in [-0.05, 0) is 40.7 Å². The molecule has 0 amide bonds. The van der Waals surface area contributed by atoms with E-state index in [1.165, 1.54) is 0 Å². The van der Waals surface area contributed by atoms with Crippen LogP contribution in [-0.4, -0.2) is 11.5 Å². The molecule has 0 radical (unpaired) electrons. The summed E-state index contributed by atoms with van der Waals surface area (Å²) < 4.78 is 15.1. The van der Waals surface area contributed by atoms with Gasteiger partial charge in [-0.15, -0.1) is 0 Å². The van der Waals surface area contributed by atoms with Crippen LogP contribution in [0.2, 0.25) is 5.02 Å². The van der Waals surface area contributed by atoms with E-state index in [0.29, 0.717) is 12.0 Å². The highest BCUT2D eigenvalue weighted by Gasteiger charge is 2.17. The van der Waals surface area contributed by atoms with Crippen LogP contribution in [0, 0.1) is 5.82 Å². The van der Waals surface area contributed by atoms with E-state index in [1.807, 2.05) is 19.1 Å². The molecule has 0 fully saturated rings. The van der Waals surface area contributed by atoms with Crippen molar-refractivity contribution >= 4 is 27.5 Å². The Morgan fingerprint density at radius 2 is 2.15 bits per heavy atom. The number of aromatic nitrogens is 1. The third-order valence-corrected chi connectivity index (χ3v) is 3.77. The highest BCUT2D eigenvalue weighted by Crippen LogP contribution is 2.25. The molecule has 2 rings (SSSR count). The van der Waals surface area contributed by atoms with E-state index in [0.717, 1.165) is 16.7 Å². The molecule has 1 N–H and O–H groups in total. The van der Waals surface area contributed by atoms with Crippen LogP contribution in [0.3, 0.4) is 0 Å². The Morgan fingerprint density at radius 3 is 2.80 bits per heavy atom. The highest BCUT2D eigenvalue weighted by atomic mass is 79.9. The average Bonchev–Trinajstić information content (AvgIpc) is 2.44. The number of pyridine rings is 1. The molecule has 0 aliphatic heterocycles.